The summed E-state index contributed by atoms with van der Waals surface area (Å²) in [5, 5.41) is 3.96. The maximum absolute atomic E-state index is 11.7. The van der Waals surface area contributed by atoms with Crippen molar-refractivity contribution in [3.8, 4) is 5.75 Å². The number of hydrogen-bond donors (Lipinski definition) is 1. The Bertz CT molecular complexity index is 644. The fourth-order valence-electron chi connectivity index (χ4n) is 1.80. The van der Waals surface area contributed by atoms with Crippen LogP contribution in [0.25, 0.3) is 0 Å². The molecule has 0 bridgehead atoms. The van der Waals surface area contributed by atoms with Crippen molar-refractivity contribution in [1.29, 1.82) is 0 Å². The lowest BCUT2D eigenvalue weighted by atomic mass is 10.0. The third kappa shape index (κ3) is 5.33. The van der Waals surface area contributed by atoms with Gasteiger partial charge in [-0.25, -0.2) is 5.43 Å². The Morgan fingerprint density at radius 2 is 2.05 bits per heavy atom. The quantitative estimate of drug-likeness (QED) is 0.630. The highest BCUT2D eigenvalue weighted by molar-refractivity contribution is 9.10. The van der Waals surface area contributed by atoms with E-state index < -0.39 is 0 Å². The number of hydrazone groups is 1. The lowest BCUT2D eigenvalue weighted by molar-refractivity contribution is -0.123. The number of carbonyl (C=O) groups is 1. The first-order valence-corrected chi connectivity index (χ1v) is 7.70. The molecule has 1 amide bonds. The Hall–Kier alpha value is -2.14. The van der Waals surface area contributed by atoms with Crippen molar-refractivity contribution >= 4 is 28.1 Å². The number of halogens is 1. The van der Waals surface area contributed by atoms with Crippen molar-refractivity contribution in [2.75, 3.05) is 6.61 Å². The molecule has 4 nitrogen and oxygen atoms in total. The van der Waals surface area contributed by atoms with Gasteiger partial charge in [0.2, 0.25) is 0 Å². The number of nitrogens with zero attached hydrogens (tertiary/aromatic N) is 1. The van der Waals surface area contributed by atoms with Gasteiger partial charge in [0.05, 0.1) is 0 Å². The van der Waals surface area contributed by atoms with Crippen LogP contribution >= 0.6 is 15.9 Å². The van der Waals surface area contributed by atoms with Crippen molar-refractivity contribution in [2.24, 2.45) is 5.10 Å². The molecule has 0 saturated carbocycles. The van der Waals surface area contributed by atoms with Crippen LogP contribution in [0, 0.1) is 0 Å². The number of nitrogens with one attached hydrogen (secondary N) is 1. The number of amides is 1. The van der Waals surface area contributed by atoms with E-state index in [1.54, 1.807) is 18.3 Å². The minimum atomic E-state index is -0.295. The van der Waals surface area contributed by atoms with Crippen molar-refractivity contribution in [1.82, 2.24) is 5.43 Å². The summed E-state index contributed by atoms with van der Waals surface area (Å²) in [5.74, 6) is 0.468. The molecule has 5 heteroatoms. The lowest BCUT2D eigenvalue weighted by Gasteiger charge is -2.06. The maximum Gasteiger partial charge on any atom is 0.277 e. The third-order valence-corrected chi connectivity index (χ3v) is 3.47. The summed E-state index contributed by atoms with van der Waals surface area (Å²) in [4.78, 5) is 11.7. The highest BCUT2D eigenvalue weighted by Gasteiger charge is 2.03. The SMILES string of the molecule is C[C@H](/C=N\NC(=O)COc1cccc(Br)c1)c1ccccc1. The molecule has 0 aliphatic rings. The van der Waals surface area contributed by atoms with Crippen LogP contribution in [0.5, 0.6) is 5.75 Å². The molecular weight excluding hydrogens is 344 g/mol. The normalized spacial score (nSPS) is 12.1. The van der Waals surface area contributed by atoms with Crippen LogP contribution in [0.3, 0.4) is 0 Å². The van der Waals surface area contributed by atoms with E-state index in [0.717, 1.165) is 10.0 Å². The molecule has 2 aromatic rings. The van der Waals surface area contributed by atoms with E-state index in [9.17, 15) is 4.79 Å². The largest absolute Gasteiger partial charge is 0.484 e. The van der Waals surface area contributed by atoms with Gasteiger partial charge in [0.1, 0.15) is 5.75 Å². The van der Waals surface area contributed by atoms with Gasteiger partial charge in [0.15, 0.2) is 6.61 Å². The van der Waals surface area contributed by atoms with Crippen molar-refractivity contribution in [3.05, 3.63) is 64.6 Å². The van der Waals surface area contributed by atoms with E-state index in [2.05, 4.69) is 26.5 Å². The number of hydrogen-bond acceptors (Lipinski definition) is 3. The van der Waals surface area contributed by atoms with Gasteiger partial charge in [-0.15, -0.1) is 0 Å². The van der Waals surface area contributed by atoms with E-state index in [-0.39, 0.29) is 18.4 Å². The zero-order valence-corrected chi connectivity index (χ0v) is 13.8. The number of carbonyl (C=O) groups excluding carboxylic acids is 1. The molecule has 0 saturated heterocycles. The topological polar surface area (TPSA) is 50.7 Å². The molecular formula is C17H17BrN2O2. The summed E-state index contributed by atoms with van der Waals surface area (Å²) >= 11 is 3.35. The average Bonchev–Trinajstić information content (AvgIpc) is 2.54. The Morgan fingerprint density at radius 3 is 2.77 bits per heavy atom. The minimum Gasteiger partial charge on any atom is -0.484 e. The molecule has 1 N–H and O–H groups in total. The molecule has 114 valence electrons. The van der Waals surface area contributed by atoms with Gasteiger partial charge in [-0.05, 0) is 23.8 Å². The first-order chi connectivity index (χ1) is 10.6. The van der Waals surface area contributed by atoms with Crippen LogP contribution in [-0.2, 0) is 4.79 Å². The number of rotatable bonds is 6. The molecule has 0 aromatic heterocycles. The van der Waals surface area contributed by atoms with Crippen LogP contribution in [0.15, 0.2) is 64.2 Å². The first kappa shape index (κ1) is 16.2. The molecule has 22 heavy (non-hydrogen) atoms. The van der Waals surface area contributed by atoms with Crippen LogP contribution in [0.4, 0.5) is 0 Å². The second kappa shape index (κ2) is 8.34. The molecule has 2 aromatic carbocycles. The predicted molar refractivity (Wildman–Crippen MR) is 91.1 cm³/mol. The molecule has 0 spiro atoms. The first-order valence-electron chi connectivity index (χ1n) is 6.90. The second-order valence-electron chi connectivity index (χ2n) is 4.76. The van der Waals surface area contributed by atoms with Crippen LogP contribution in [0.1, 0.15) is 18.4 Å². The summed E-state index contributed by atoms with van der Waals surface area (Å²) in [7, 11) is 0. The van der Waals surface area contributed by atoms with E-state index in [0.29, 0.717) is 5.75 Å². The lowest BCUT2D eigenvalue weighted by Crippen LogP contribution is -2.24. The Morgan fingerprint density at radius 1 is 1.27 bits per heavy atom. The van der Waals surface area contributed by atoms with Crippen LogP contribution < -0.4 is 10.2 Å². The summed E-state index contributed by atoms with van der Waals surface area (Å²) in [6.07, 6.45) is 1.70. The Kier molecular flexibility index (Phi) is 6.15. The molecule has 0 unspecified atom stereocenters. The zero-order valence-electron chi connectivity index (χ0n) is 12.2. The van der Waals surface area contributed by atoms with Crippen molar-refractivity contribution < 1.29 is 9.53 Å². The molecule has 0 heterocycles. The van der Waals surface area contributed by atoms with Gasteiger partial charge >= 0.3 is 0 Å². The molecule has 0 aliphatic carbocycles. The monoisotopic (exact) mass is 360 g/mol. The molecule has 2 rings (SSSR count). The van der Waals surface area contributed by atoms with E-state index in [4.69, 9.17) is 4.74 Å². The summed E-state index contributed by atoms with van der Waals surface area (Å²) < 4.78 is 6.28. The molecule has 0 radical (unpaired) electrons. The van der Waals surface area contributed by atoms with Gasteiger partial charge in [-0.3, -0.25) is 4.79 Å². The second-order valence-corrected chi connectivity index (χ2v) is 5.67. The standard InChI is InChI=1S/C17H17BrN2O2/c1-13(14-6-3-2-4-7-14)11-19-20-17(21)12-22-16-9-5-8-15(18)10-16/h2-11,13H,12H2,1H3,(H,20,21)/b19-11-/t13-/m1/s1. The fraction of sp³-hybridized carbons (Fsp3) is 0.176. The Balaban J connectivity index is 1.77. The van der Waals surface area contributed by atoms with Gasteiger partial charge in [-0.1, -0.05) is 59.3 Å². The average molecular weight is 361 g/mol. The van der Waals surface area contributed by atoms with E-state index in [1.165, 1.54) is 0 Å². The van der Waals surface area contributed by atoms with Crippen molar-refractivity contribution in [2.45, 2.75) is 12.8 Å². The van der Waals surface area contributed by atoms with E-state index in [1.807, 2.05) is 49.4 Å². The number of benzene rings is 2. The number of ether oxygens (including phenoxy) is 1. The minimum absolute atomic E-state index is 0.0759. The van der Waals surface area contributed by atoms with Gasteiger partial charge in [0.25, 0.3) is 5.91 Å². The smallest absolute Gasteiger partial charge is 0.277 e. The zero-order chi connectivity index (χ0) is 15.8. The van der Waals surface area contributed by atoms with Gasteiger partial charge in [-0.2, -0.15) is 5.10 Å². The van der Waals surface area contributed by atoms with Crippen LogP contribution in [-0.4, -0.2) is 18.7 Å². The molecule has 1 atom stereocenters. The Labute approximate surface area is 138 Å². The van der Waals surface area contributed by atoms with Gasteiger partial charge < -0.3 is 4.74 Å². The summed E-state index contributed by atoms with van der Waals surface area (Å²) in [6.45, 7) is 1.94. The van der Waals surface area contributed by atoms with Crippen molar-refractivity contribution in [3.63, 3.8) is 0 Å². The predicted octanol–water partition coefficient (Wildman–Crippen LogP) is 3.73. The van der Waals surface area contributed by atoms with E-state index >= 15 is 0 Å². The summed E-state index contributed by atoms with van der Waals surface area (Å²) in [6, 6.07) is 17.3. The van der Waals surface area contributed by atoms with Gasteiger partial charge in [0, 0.05) is 16.6 Å². The highest BCUT2D eigenvalue weighted by Crippen LogP contribution is 2.17. The fourth-order valence-corrected chi connectivity index (χ4v) is 2.18. The maximum atomic E-state index is 11.7. The third-order valence-electron chi connectivity index (χ3n) is 2.98. The molecule has 0 aliphatic heterocycles. The summed E-state index contributed by atoms with van der Waals surface area (Å²) in [5.41, 5.74) is 3.61. The molecule has 0 fully saturated rings. The highest BCUT2D eigenvalue weighted by atomic mass is 79.9. The van der Waals surface area contributed by atoms with Crippen LogP contribution in [0.2, 0.25) is 0 Å².